The highest BCUT2D eigenvalue weighted by Crippen LogP contribution is 2.27. The maximum atomic E-state index is 12.0. The Hall–Kier alpha value is -1.13. The maximum Gasteiger partial charge on any atom is 0.244 e. The van der Waals surface area contributed by atoms with E-state index in [0.29, 0.717) is 12.0 Å². The van der Waals surface area contributed by atoms with E-state index in [4.69, 9.17) is 0 Å². The van der Waals surface area contributed by atoms with Crippen molar-refractivity contribution in [3.05, 3.63) is 40.4 Å². The molecule has 3 heterocycles. The Morgan fingerprint density at radius 3 is 2.55 bits per heavy atom. The summed E-state index contributed by atoms with van der Waals surface area (Å²) < 4.78 is 1.05. The van der Waals surface area contributed by atoms with Crippen LogP contribution in [0.3, 0.4) is 0 Å². The van der Waals surface area contributed by atoms with E-state index in [1.54, 1.807) is 6.08 Å². The van der Waals surface area contributed by atoms with Crippen molar-refractivity contribution in [3.63, 3.8) is 0 Å². The van der Waals surface area contributed by atoms with Gasteiger partial charge in [-0.25, -0.2) is 0 Å². The zero-order valence-electron chi connectivity index (χ0n) is 11.4. The zero-order valence-corrected chi connectivity index (χ0v) is 13.0. The first kappa shape index (κ1) is 13.8. The van der Waals surface area contributed by atoms with Gasteiger partial charge in [-0.2, -0.15) is 0 Å². The molecule has 4 rings (SSSR count). The summed E-state index contributed by atoms with van der Waals surface area (Å²) in [6.45, 7) is 3.42. The number of nitrogens with one attached hydrogen (secondary N) is 1. The van der Waals surface area contributed by atoms with Gasteiger partial charge in [-0.15, -0.1) is 0 Å². The van der Waals surface area contributed by atoms with Gasteiger partial charge in [-0.1, -0.05) is 28.1 Å². The highest BCUT2D eigenvalue weighted by atomic mass is 79.9. The summed E-state index contributed by atoms with van der Waals surface area (Å²) in [4.78, 5) is 14.4. The quantitative estimate of drug-likeness (QED) is 0.862. The minimum atomic E-state index is 0.0201. The molecule has 0 aromatic heterocycles. The average molecular weight is 335 g/mol. The predicted octanol–water partition coefficient (Wildman–Crippen LogP) is 2.67. The normalized spacial score (nSPS) is 28.8. The van der Waals surface area contributed by atoms with Crippen molar-refractivity contribution < 1.29 is 4.79 Å². The van der Waals surface area contributed by atoms with Crippen LogP contribution < -0.4 is 5.32 Å². The summed E-state index contributed by atoms with van der Waals surface area (Å²) in [5.41, 5.74) is 1.04. The smallest absolute Gasteiger partial charge is 0.244 e. The molecule has 1 amide bonds. The Morgan fingerprint density at radius 1 is 1.25 bits per heavy atom. The third-order valence-electron chi connectivity index (χ3n) is 4.28. The molecule has 0 unspecified atom stereocenters. The molecule has 1 aromatic rings. The van der Waals surface area contributed by atoms with Crippen molar-refractivity contribution in [2.45, 2.75) is 18.9 Å². The molecule has 0 aliphatic carbocycles. The van der Waals surface area contributed by atoms with Crippen LogP contribution in [0.2, 0.25) is 0 Å². The average Bonchev–Trinajstić information content (AvgIpc) is 2.48. The molecule has 1 N–H and O–H groups in total. The fourth-order valence-electron chi connectivity index (χ4n) is 3.11. The van der Waals surface area contributed by atoms with Crippen molar-refractivity contribution in [2.24, 2.45) is 5.92 Å². The molecule has 4 heteroatoms. The van der Waals surface area contributed by atoms with E-state index in [0.717, 1.165) is 16.6 Å². The van der Waals surface area contributed by atoms with Crippen LogP contribution in [0, 0.1) is 5.92 Å². The number of carbonyl (C=O) groups is 1. The highest BCUT2D eigenvalue weighted by Gasteiger charge is 2.34. The van der Waals surface area contributed by atoms with Gasteiger partial charge < -0.3 is 10.2 Å². The molecule has 0 saturated carbocycles. The van der Waals surface area contributed by atoms with E-state index >= 15 is 0 Å². The van der Waals surface area contributed by atoms with Gasteiger partial charge in [0.25, 0.3) is 0 Å². The fraction of sp³-hybridized carbons (Fsp3) is 0.438. The topological polar surface area (TPSA) is 32.3 Å². The van der Waals surface area contributed by atoms with Crippen molar-refractivity contribution in [1.82, 2.24) is 10.2 Å². The Morgan fingerprint density at radius 2 is 1.95 bits per heavy atom. The number of hydrogen-bond donors (Lipinski definition) is 1. The van der Waals surface area contributed by atoms with E-state index in [1.165, 1.54) is 25.9 Å². The molecule has 2 bridgehead atoms. The SMILES string of the molecule is O=C(/C=C/c1ccc(Br)cc1)N[C@H]1CN2CCC1CC2. The molecule has 3 aliphatic heterocycles. The minimum absolute atomic E-state index is 0.0201. The number of nitrogens with zero attached hydrogens (tertiary/aromatic N) is 1. The molecule has 1 aromatic carbocycles. The maximum absolute atomic E-state index is 12.0. The van der Waals surface area contributed by atoms with E-state index in [2.05, 4.69) is 26.1 Å². The molecule has 3 aliphatic rings. The fourth-order valence-corrected chi connectivity index (χ4v) is 3.37. The van der Waals surface area contributed by atoms with Gasteiger partial charge in [0.05, 0.1) is 0 Å². The number of piperidine rings is 3. The van der Waals surface area contributed by atoms with E-state index in [-0.39, 0.29) is 5.91 Å². The Kier molecular flexibility index (Phi) is 4.22. The van der Waals surface area contributed by atoms with Crippen LogP contribution >= 0.6 is 15.9 Å². The van der Waals surface area contributed by atoms with E-state index < -0.39 is 0 Å². The molecule has 0 radical (unpaired) electrons. The van der Waals surface area contributed by atoms with Crippen LogP contribution in [0.4, 0.5) is 0 Å². The first-order valence-corrected chi connectivity index (χ1v) is 7.96. The van der Waals surface area contributed by atoms with Gasteiger partial charge in [0.15, 0.2) is 0 Å². The first-order valence-electron chi connectivity index (χ1n) is 7.17. The lowest BCUT2D eigenvalue weighted by Crippen LogP contribution is -2.57. The molecule has 0 spiro atoms. The molecule has 20 heavy (non-hydrogen) atoms. The van der Waals surface area contributed by atoms with Gasteiger partial charge in [0.2, 0.25) is 5.91 Å². The zero-order chi connectivity index (χ0) is 13.9. The standard InChI is InChI=1S/C16H19BrN2O/c17-14-4-1-12(2-5-14)3-6-16(20)18-15-11-19-9-7-13(15)8-10-19/h1-6,13,15H,7-11H2,(H,18,20)/b6-3+/t15-/m0/s1. The van der Waals surface area contributed by atoms with Crippen LogP contribution in [0.1, 0.15) is 18.4 Å². The second-order valence-corrected chi connectivity index (χ2v) is 6.55. The molecule has 3 nitrogen and oxygen atoms in total. The van der Waals surface area contributed by atoms with E-state index in [1.807, 2.05) is 30.3 Å². The monoisotopic (exact) mass is 334 g/mol. The first-order chi connectivity index (χ1) is 9.70. The Bertz CT molecular complexity index is 504. The number of halogens is 1. The van der Waals surface area contributed by atoms with Gasteiger partial charge in [-0.05, 0) is 55.6 Å². The summed E-state index contributed by atoms with van der Waals surface area (Å²) in [5, 5.41) is 3.16. The number of carbonyl (C=O) groups excluding carboxylic acids is 1. The van der Waals surface area contributed by atoms with Crippen LogP contribution in [-0.2, 0) is 4.79 Å². The lowest BCUT2D eigenvalue weighted by molar-refractivity contribution is -0.118. The van der Waals surface area contributed by atoms with Gasteiger partial charge in [0.1, 0.15) is 0 Å². The lowest BCUT2D eigenvalue weighted by Gasteiger charge is -2.44. The lowest BCUT2D eigenvalue weighted by atomic mass is 9.84. The van der Waals surface area contributed by atoms with Gasteiger partial charge >= 0.3 is 0 Å². The van der Waals surface area contributed by atoms with Crippen LogP contribution in [0.25, 0.3) is 6.08 Å². The van der Waals surface area contributed by atoms with Crippen molar-refractivity contribution in [2.75, 3.05) is 19.6 Å². The summed E-state index contributed by atoms with van der Waals surface area (Å²) in [7, 11) is 0. The summed E-state index contributed by atoms with van der Waals surface area (Å²) in [5.74, 6) is 0.691. The van der Waals surface area contributed by atoms with Crippen LogP contribution in [-0.4, -0.2) is 36.5 Å². The van der Waals surface area contributed by atoms with Crippen molar-refractivity contribution >= 4 is 27.9 Å². The van der Waals surface area contributed by atoms with Crippen molar-refractivity contribution in [3.8, 4) is 0 Å². The number of amides is 1. The number of rotatable bonds is 3. The molecular formula is C16H19BrN2O. The van der Waals surface area contributed by atoms with E-state index in [9.17, 15) is 4.79 Å². The Balaban J connectivity index is 1.55. The van der Waals surface area contributed by atoms with Crippen LogP contribution in [0.5, 0.6) is 0 Å². The summed E-state index contributed by atoms with van der Waals surface area (Å²) in [6, 6.07) is 8.26. The minimum Gasteiger partial charge on any atom is -0.348 e. The van der Waals surface area contributed by atoms with Gasteiger partial charge in [0, 0.05) is 23.1 Å². The third kappa shape index (κ3) is 3.30. The molecule has 1 atom stereocenters. The highest BCUT2D eigenvalue weighted by molar-refractivity contribution is 9.10. The summed E-state index contributed by atoms with van der Waals surface area (Å²) in [6.07, 6.45) is 5.95. The van der Waals surface area contributed by atoms with Crippen molar-refractivity contribution in [1.29, 1.82) is 0 Å². The van der Waals surface area contributed by atoms with Crippen LogP contribution in [0.15, 0.2) is 34.8 Å². The summed E-state index contributed by atoms with van der Waals surface area (Å²) >= 11 is 3.40. The molecule has 3 fully saturated rings. The number of benzene rings is 1. The molecule has 3 saturated heterocycles. The third-order valence-corrected chi connectivity index (χ3v) is 4.81. The number of fused-ring (bicyclic) bond motifs is 3. The molecule has 106 valence electrons. The predicted molar refractivity (Wildman–Crippen MR) is 84.3 cm³/mol. The van der Waals surface area contributed by atoms with Gasteiger partial charge in [-0.3, -0.25) is 4.79 Å². The Labute approximate surface area is 128 Å². The number of hydrogen-bond acceptors (Lipinski definition) is 2. The second-order valence-electron chi connectivity index (χ2n) is 5.64. The largest absolute Gasteiger partial charge is 0.348 e. The second kappa shape index (κ2) is 6.10. The molecular weight excluding hydrogens is 316 g/mol.